The Hall–Kier alpha value is -1.55. The van der Waals surface area contributed by atoms with E-state index in [0.29, 0.717) is 0 Å². The molecule has 0 aliphatic rings. The number of aryl methyl sites for hydroxylation is 1. The third-order valence-electron chi connectivity index (χ3n) is 4.43. The van der Waals surface area contributed by atoms with E-state index in [4.69, 9.17) is 9.47 Å². The van der Waals surface area contributed by atoms with Crippen LogP contribution < -0.4 is 20.1 Å². The Kier molecular flexibility index (Phi) is 10.0. The first-order chi connectivity index (χ1) is 12.9. The summed E-state index contributed by atoms with van der Waals surface area (Å²) < 4.78 is 10.8. The number of halogens is 1. The molecule has 1 heterocycles. The van der Waals surface area contributed by atoms with Gasteiger partial charge in [-0.25, -0.2) is 4.98 Å². The van der Waals surface area contributed by atoms with Crippen LogP contribution in [0.5, 0.6) is 11.5 Å². The van der Waals surface area contributed by atoms with Gasteiger partial charge in [0.15, 0.2) is 17.5 Å². The summed E-state index contributed by atoms with van der Waals surface area (Å²) >= 11 is 1.68. The van der Waals surface area contributed by atoms with E-state index >= 15 is 0 Å². The normalized spacial score (nSPS) is 11.6. The van der Waals surface area contributed by atoms with E-state index in [9.17, 15) is 0 Å². The minimum Gasteiger partial charge on any atom is -0.493 e. The standard InChI is InChI=1S/C20H30N4O2S.HI/c1-14-24-16(12-27-14)9-10-22-19(21-4)23-13-20(2,3)15-7-8-17(25-5)18(11-15)26-6;/h7-8,11-12H,9-10,13H2,1-6H3,(H2,21,22,23);1H. The zero-order valence-corrected chi connectivity index (χ0v) is 20.6. The molecule has 2 aromatic rings. The molecule has 28 heavy (non-hydrogen) atoms. The van der Waals surface area contributed by atoms with Crippen molar-refractivity contribution < 1.29 is 9.47 Å². The number of hydrogen-bond acceptors (Lipinski definition) is 5. The maximum Gasteiger partial charge on any atom is 0.191 e. The molecule has 2 rings (SSSR count). The van der Waals surface area contributed by atoms with E-state index in [1.54, 1.807) is 32.6 Å². The van der Waals surface area contributed by atoms with Crippen molar-refractivity contribution >= 4 is 41.3 Å². The largest absolute Gasteiger partial charge is 0.493 e. The number of nitrogens with one attached hydrogen (secondary N) is 2. The van der Waals surface area contributed by atoms with Crippen molar-refractivity contribution in [2.45, 2.75) is 32.6 Å². The van der Waals surface area contributed by atoms with Crippen molar-refractivity contribution in [3.8, 4) is 11.5 Å². The topological polar surface area (TPSA) is 67.8 Å². The van der Waals surface area contributed by atoms with E-state index < -0.39 is 0 Å². The monoisotopic (exact) mass is 518 g/mol. The van der Waals surface area contributed by atoms with Crippen LogP contribution in [0.3, 0.4) is 0 Å². The van der Waals surface area contributed by atoms with Crippen LogP contribution >= 0.6 is 35.3 Å². The van der Waals surface area contributed by atoms with Gasteiger partial charge in [0.2, 0.25) is 0 Å². The first-order valence-electron chi connectivity index (χ1n) is 8.97. The van der Waals surface area contributed by atoms with Gasteiger partial charge >= 0.3 is 0 Å². The molecule has 6 nitrogen and oxygen atoms in total. The van der Waals surface area contributed by atoms with Gasteiger partial charge in [0.1, 0.15) is 0 Å². The van der Waals surface area contributed by atoms with Crippen LogP contribution in [0.25, 0.3) is 0 Å². The number of thiazole rings is 1. The lowest BCUT2D eigenvalue weighted by molar-refractivity contribution is 0.353. The van der Waals surface area contributed by atoms with Crippen molar-refractivity contribution in [3.05, 3.63) is 39.8 Å². The van der Waals surface area contributed by atoms with Crippen molar-refractivity contribution in [2.24, 2.45) is 4.99 Å². The van der Waals surface area contributed by atoms with Gasteiger partial charge in [0, 0.05) is 37.4 Å². The van der Waals surface area contributed by atoms with Gasteiger partial charge in [-0.1, -0.05) is 19.9 Å². The fourth-order valence-corrected chi connectivity index (χ4v) is 3.36. The zero-order chi connectivity index (χ0) is 19.9. The lowest BCUT2D eigenvalue weighted by Gasteiger charge is -2.27. The third kappa shape index (κ3) is 6.80. The fourth-order valence-electron chi connectivity index (χ4n) is 2.72. The smallest absolute Gasteiger partial charge is 0.191 e. The van der Waals surface area contributed by atoms with Gasteiger partial charge in [0.05, 0.1) is 24.9 Å². The van der Waals surface area contributed by atoms with E-state index in [2.05, 4.69) is 45.9 Å². The van der Waals surface area contributed by atoms with Crippen LogP contribution in [0, 0.1) is 6.92 Å². The molecule has 0 saturated carbocycles. The molecule has 0 unspecified atom stereocenters. The number of aliphatic imine (C=N–C) groups is 1. The highest BCUT2D eigenvalue weighted by Gasteiger charge is 2.22. The zero-order valence-electron chi connectivity index (χ0n) is 17.5. The average Bonchev–Trinajstić information content (AvgIpc) is 3.08. The van der Waals surface area contributed by atoms with Crippen LogP contribution in [0.1, 0.15) is 30.1 Å². The lowest BCUT2D eigenvalue weighted by atomic mass is 9.84. The van der Waals surface area contributed by atoms with Gasteiger partial charge < -0.3 is 20.1 Å². The van der Waals surface area contributed by atoms with Crippen molar-refractivity contribution in [3.63, 3.8) is 0 Å². The quantitative estimate of drug-likeness (QED) is 0.317. The maximum absolute atomic E-state index is 5.43. The minimum atomic E-state index is -0.108. The highest BCUT2D eigenvalue weighted by atomic mass is 127. The predicted molar refractivity (Wildman–Crippen MR) is 128 cm³/mol. The summed E-state index contributed by atoms with van der Waals surface area (Å²) in [6.07, 6.45) is 0.879. The molecular weight excluding hydrogens is 487 g/mol. The molecule has 1 aromatic carbocycles. The molecule has 0 aliphatic carbocycles. The molecular formula is C20H31IN4O2S. The number of guanidine groups is 1. The van der Waals surface area contributed by atoms with Crippen molar-refractivity contribution in [2.75, 3.05) is 34.4 Å². The fraction of sp³-hybridized carbons (Fsp3) is 0.500. The van der Waals surface area contributed by atoms with Crippen LogP contribution in [-0.4, -0.2) is 45.3 Å². The molecule has 1 aromatic heterocycles. The van der Waals surface area contributed by atoms with Gasteiger partial charge in [-0.15, -0.1) is 35.3 Å². The second kappa shape index (κ2) is 11.5. The van der Waals surface area contributed by atoms with Gasteiger partial charge in [0.25, 0.3) is 0 Å². The molecule has 0 amide bonds. The molecule has 156 valence electrons. The summed E-state index contributed by atoms with van der Waals surface area (Å²) in [7, 11) is 5.08. The van der Waals surface area contributed by atoms with Crippen molar-refractivity contribution in [1.29, 1.82) is 0 Å². The molecule has 0 radical (unpaired) electrons. The molecule has 0 aliphatic heterocycles. The SMILES string of the molecule is CN=C(NCCc1csc(C)n1)NCC(C)(C)c1ccc(OC)c(OC)c1.I. The number of ether oxygens (including phenoxy) is 2. The second-order valence-electron chi connectivity index (χ2n) is 6.91. The van der Waals surface area contributed by atoms with Gasteiger partial charge in [-0.2, -0.15) is 0 Å². The Bertz CT molecular complexity index is 777. The first-order valence-corrected chi connectivity index (χ1v) is 9.85. The molecule has 2 N–H and O–H groups in total. The molecule has 0 atom stereocenters. The van der Waals surface area contributed by atoms with E-state index in [1.165, 1.54) is 5.56 Å². The Morgan fingerprint density at radius 3 is 2.46 bits per heavy atom. The summed E-state index contributed by atoms with van der Waals surface area (Å²) in [4.78, 5) is 8.80. The van der Waals surface area contributed by atoms with Crippen molar-refractivity contribution in [1.82, 2.24) is 15.6 Å². The van der Waals surface area contributed by atoms with Crippen LogP contribution in [0.2, 0.25) is 0 Å². The summed E-state index contributed by atoms with van der Waals surface area (Å²) in [5.74, 6) is 2.26. The Morgan fingerprint density at radius 2 is 1.89 bits per heavy atom. The highest BCUT2D eigenvalue weighted by Crippen LogP contribution is 2.32. The van der Waals surface area contributed by atoms with Gasteiger partial charge in [-0.3, -0.25) is 4.99 Å². The van der Waals surface area contributed by atoms with Crippen LogP contribution in [0.4, 0.5) is 0 Å². The summed E-state index contributed by atoms with van der Waals surface area (Å²) in [6, 6.07) is 6.05. The Morgan fingerprint density at radius 1 is 1.18 bits per heavy atom. The summed E-state index contributed by atoms with van der Waals surface area (Å²) in [5.41, 5.74) is 2.18. The second-order valence-corrected chi connectivity index (χ2v) is 7.98. The summed E-state index contributed by atoms with van der Waals surface area (Å²) in [6.45, 7) is 7.93. The number of aromatic nitrogens is 1. The van der Waals surface area contributed by atoms with E-state index in [-0.39, 0.29) is 29.4 Å². The molecule has 0 fully saturated rings. The maximum atomic E-state index is 5.43. The third-order valence-corrected chi connectivity index (χ3v) is 5.25. The minimum absolute atomic E-state index is 0. The highest BCUT2D eigenvalue weighted by molar-refractivity contribution is 14.0. The number of hydrogen-bond donors (Lipinski definition) is 2. The molecule has 0 spiro atoms. The molecule has 8 heteroatoms. The number of methoxy groups -OCH3 is 2. The van der Waals surface area contributed by atoms with Gasteiger partial charge in [-0.05, 0) is 24.6 Å². The van der Waals surface area contributed by atoms with Crippen LogP contribution in [0.15, 0.2) is 28.6 Å². The summed E-state index contributed by atoms with van der Waals surface area (Å²) in [5, 5.41) is 9.97. The van der Waals surface area contributed by atoms with Crippen LogP contribution in [-0.2, 0) is 11.8 Å². The first kappa shape index (κ1) is 24.5. The number of rotatable bonds is 8. The molecule has 0 saturated heterocycles. The number of benzene rings is 1. The lowest BCUT2D eigenvalue weighted by Crippen LogP contribution is -2.44. The average molecular weight is 518 g/mol. The molecule has 0 bridgehead atoms. The Balaban J connectivity index is 0.00000392. The number of nitrogens with zero attached hydrogens (tertiary/aromatic N) is 2. The predicted octanol–water partition coefficient (Wildman–Crippen LogP) is 3.77. The van der Waals surface area contributed by atoms with E-state index in [1.807, 2.05) is 19.1 Å². The Labute approximate surface area is 189 Å². The van der Waals surface area contributed by atoms with E-state index in [0.717, 1.165) is 47.7 Å².